The van der Waals surface area contributed by atoms with Crippen LogP contribution in [0.3, 0.4) is 0 Å². The molecule has 0 aliphatic carbocycles. The smallest absolute Gasteiger partial charge is 0.391 e. The summed E-state index contributed by atoms with van der Waals surface area (Å²) in [6.45, 7) is 1.48. The molecule has 1 atom stereocenters. The molecule has 0 saturated carbocycles. The molecule has 2 aromatic rings. The highest BCUT2D eigenvalue weighted by Crippen LogP contribution is 2.28. The summed E-state index contributed by atoms with van der Waals surface area (Å²) in [5, 5.41) is 4.43. The second-order valence-electron chi connectivity index (χ2n) is 4.61. The number of rotatable bonds is 4. The van der Waals surface area contributed by atoms with Gasteiger partial charge in [0, 0.05) is 17.6 Å². The first-order chi connectivity index (χ1) is 9.39. The molecular formula is C14H15F3N2O. The van der Waals surface area contributed by atoms with Gasteiger partial charge in [-0.1, -0.05) is 6.07 Å². The molecule has 3 nitrogen and oxygen atoms in total. The van der Waals surface area contributed by atoms with E-state index in [1.807, 2.05) is 6.07 Å². The van der Waals surface area contributed by atoms with Crippen molar-refractivity contribution in [2.75, 3.05) is 12.4 Å². The number of aromatic nitrogens is 1. The predicted molar refractivity (Wildman–Crippen MR) is 72.1 cm³/mol. The average Bonchev–Trinajstić information content (AvgIpc) is 2.36. The molecule has 20 heavy (non-hydrogen) atoms. The van der Waals surface area contributed by atoms with Crippen molar-refractivity contribution in [1.82, 2.24) is 4.98 Å². The van der Waals surface area contributed by atoms with Gasteiger partial charge >= 0.3 is 6.18 Å². The van der Waals surface area contributed by atoms with Gasteiger partial charge in [-0.15, -0.1) is 0 Å². The zero-order chi connectivity index (χ0) is 14.8. The summed E-state index contributed by atoms with van der Waals surface area (Å²) in [5.41, 5.74) is 0. The Hall–Kier alpha value is -1.98. The number of nitrogens with one attached hydrogen (secondary N) is 1. The van der Waals surface area contributed by atoms with Crippen molar-refractivity contribution in [1.29, 1.82) is 0 Å². The quantitative estimate of drug-likeness (QED) is 0.921. The van der Waals surface area contributed by atoms with Gasteiger partial charge in [0.2, 0.25) is 0 Å². The third kappa shape index (κ3) is 3.53. The molecule has 0 spiro atoms. The molecule has 0 amide bonds. The number of alkyl halides is 3. The van der Waals surface area contributed by atoms with Gasteiger partial charge in [0.05, 0.1) is 13.5 Å². The van der Waals surface area contributed by atoms with E-state index in [1.165, 1.54) is 14.0 Å². The van der Waals surface area contributed by atoms with E-state index in [-0.39, 0.29) is 0 Å². The van der Waals surface area contributed by atoms with E-state index in [2.05, 4.69) is 10.3 Å². The molecule has 6 heteroatoms. The second-order valence-corrected chi connectivity index (χ2v) is 4.61. The summed E-state index contributed by atoms with van der Waals surface area (Å²) in [6.07, 6.45) is -3.54. The lowest BCUT2D eigenvalue weighted by Gasteiger charge is -2.17. The van der Waals surface area contributed by atoms with Crippen LogP contribution in [0.15, 0.2) is 30.5 Å². The highest BCUT2D eigenvalue weighted by molar-refractivity contribution is 5.92. The number of ether oxygens (including phenoxy) is 1. The first kappa shape index (κ1) is 14.4. The summed E-state index contributed by atoms with van der Waals surface area (Å²) >= 11 is 0. The van der Waals surface area contributed by atoms with Crippen LogP contribution < -0.4 is 10.1 Å². The van der Waals surface area contributed by atoms with Crippen molar-refractivity contribution in [3.05, 3.63) is 30.5 Å². The van der Waals surface area contributed by atoms with E-state index >= 15 is 0 Å². The molecule has 2 rings (SSSR count). The fraction of sp³-hybridized carbons (Fsp3) is 0.357. The van der Waals surface area contributed by atoms with Gasteiger partial charge in [-0.3, -0.25) is 0 Å². The number of nitrogens with zero attached hydrogens (tertiary/aromatic N) is 1. The molecule has 108 valence electrons. The maximum Gasteiger partial charge on any atom is 0.391 e. The lowest BCUT2D eigenvalue weighted by molar-refractivity contribution is -0.136. The molecule has 1 unspecified atom stereocenters. The van der Waals surface area contributed by atoms with E-state index in [0.29, 0.717) is 11.6 Å². The van der Waals surface area contributed by atoms with Crippen molar-refractivity contribution in [2.24, 2.45) is 0 Å². The van der Waals surface area contributed by atoms with Gasteiger partial charge in [-0.05, 0) is 30.5 Å². The Kier molecular flexibility index (Phi) is 4.01. The summed E-state index contributed by atoms with van der Waals surface area (Å²) in [5.74, 6) is 1.06. The van der Waals surface area contributed by atoms with Gasteiger partial charge in [0.25, 0.3) is 0 Å². The summed E-state index contributed by atoms with van der Waals surface area (Å²) < 4.78 is 42.2. The van der Waals surface area contributed by atoms with Crippen molar-refractivity contribution in [3.63, 3.8) is 0 Å². The molecule has 1 heterocycles. The normalized spacial score (nSPS) is 13.2. The molecule has 0 radical (unpaired) electrons. The fourth-order valence-electron chi connectivity index (χ4n) is 2.02. The maximum atomic E-state index is 12.4. The van der Waals surface area contributed by atoms with Crippen LogP contribution in [0, 0.1) is 0 Å². The van der Waals surface area contributed by atoms with E-state index in [4.69, 9.17) is 4.74 Å². The molecule has 0 fully saturated rings. The zero-order valence-electron chi connectivity index (χ0n) is 11.2. The number of methoxy groups -OCH3 is 1. The van der Waals surface area contributed by atoms with Crippen LogP contribution in [0.25, 0.3) is 10.8 Å². The van der Waals surface area contributed by atoms with Crippen LogP contribution >= 0.6 is 0 Å². The van der Waals surface area contributed by atoms with Crippen LogP contribution in [0.1, 0.15) is 13.3 Å². The molecule has 0 aliphatic heterocycles. The molecule has 0 saturated heterocycles. The Bertz CT molecular complexity index is 598. The highest BCUT2D eigenvalue weighted by Gasteiger charge is 2.30. The number of anilines is 1. The largest absolute Gasteiger partial charge is 0.497 e. The number of halogens is 3. The Balaban J connectivity index is 2.29. The van der Waals surface area contributed by atoms with Gasteiger partial charge in [-0.2, -0.15) is 13.2 Å². The van der Waals surface area contributed by atoms with E-state index < -0.39 is 18.6 Å². The van der Waals surface area contributed by atoms with Gasteiger partial charge in [0.1, 0.15) is 11.6 Å². The molecule has 0 bridgehead atoms. The molecule has 1 aromatic carbocycles. The Labute approximate surface area is 114 Å². The fourth-order valence-corrected chi connectivity index (χ4v) is 2.02. The second kappa shape index (κ2) is 5.56. The number of fused-ring (bicyclic) bond motifs is 1. The number of pyridine rings is 1. The lowest BCUT2D eigenvalue weighted by atomic mass is 10.1. The summed E-state index contributed by atoms with van der Waals surface area (Å²) in [7, 11) is 1.54. The van der Waals surface area contributed by atoms with Crippen LogP contribution in [0.5, 0.6) is 5.75 Å². The van der Waals surface area contributed by atoms with Crippen molar-refractivity contribution < 1.29 is 17.9 Å². The highest BCUT2D eigenvalue weighted by atomic mass is 19.4. The summed E-state index contributed by atoms with van der Waals surface area (Å²) in [4.78, 5) is 4.12. The third-order valence-electron chi connectivity index (χ3n) is 2.89. The predicted octanol–water partition coefficient (Wildman–Crippen LogP) is 4.00. The lowest BCUT2D eigenvalue weighted by Crippen LogP contribution is -2.24. The van der Waals surface area contributed by atoms with E-state index in [1.54, 1.807) is 24.4 Å². The van der Waals surface area contributed by atoms with Crippen LogP contribution in [-0.2, 0) is 0 Å². The third-order valence-corrected chi connectivity index (χ3v) is 2.89. The van der Waals surface area contributed by atoms with Gasteiger partial charge in [-0.25, -0.2) is 4.98 Å². The number of hydrogen-bond donors (Lipinski definition) is 1. The molecule has 0 aliphatic rings. The van der Waals surface area contributed by atoms with E-state index in [9.17, 15) is 13.2 Å². The van der Waals surface area contributed by atoms with Crippen LogP contribution in [0.2, 0.25) is 0 Å². The minimum absolute atomic E-state index is 0.429. The average molecular weight is 284 g/mol. The molecule has 1 N–H and O–H groups in total. The Morgan fingerprint density at radius 2 is 2.05 bits per heavy atom. The standard InChI is InChI=1S/C14H15F3N2O/c1-9(8-14(15,16)17)19-13-12-7-11(20-2)4-3-10(12)5-6-18-13/h3-7,9H,8H2,1-2H3,(H,18,19). The molecular weight excluding hydrogens is 269 g/mol. The maximum absolute atomic E-state index is 12.4. The molecule has 1 aromatic heterocycles. The van der Waals surface area contributed by atoms with Crippen molar-refractivity contribution in [2.45, 2.75) is 25.6 Å². The zero-order valence-corrected chi connectivity index (χ0v) is 11.2. The van der Waals surface area contributed by atoms with Crippen molar-refractivity contribution >= 4 is 16.6 Å². The van der Waals surface area contributed by atoms with Gasteiger partial charge < -0.3 is 10.1 Å². The Morgan fingerprint density at radius 1 is 1.30 bits per heavy atom. The van der Waals surface area contributed by atoms with Crippen molar-refractivity contribution in [3.8, 4) is 5.75 Å². The first-order valence-electron chi connectivity index (χ1n) is 6.15. The minimum atomic E-state index is -4.20. The first-order valence-corrected chi connectivity index (χ1v) is 6.15. The number of benzene rings is 1. The SMILES string of the molecule is COc1ccc2ccnc(NC(C)CC(F)(F)F)c2c1. The monoisotopic (exact) mass is 284 g/mol. The van der Waals surface area contributed by atoms with Crippen LogP contribution in [0.4, 0.5) is 19.0 Å². The van der Waals surface area contributed by atoms with E-state index in [0.717, 1.165) is 10.8 Å². The number of hydrogen-bond acceptors (Lipinski definition) is 3. The topological polar surface area (TPSA) is 34.1 Å². The van der Waals surface area contributed by atoms with Gasteiger partial charge in [0.15, 0.2) is 0 Å². The van der Waals surface area contributed by atoms with Crippen LogP contribution in [-0.4, -0.2) is 24.3 Å². The summed E-state index contributed by atoms with van der Waals surface area (Å²) in [6, 6.07) is 6.44. The minimum Gasteiger partial charge on any atom is -0.497 e. The Morgan fingerprint density at radius 3 is 2.70 bits per heavy atom.